The van der Waals surface area contributed by atoms with Gasteiger partial charge in [-0.2, -0.15) is 4.98 Å². The fourth-order valence-corrected chi connectivity index (χ4v) is 16.4. The Balaban J connectivity index is 0.745. The maximum atomic E-state index is 14.3. The summed E-state index contributed by atoms with van der Waals surface area (Å²) < 4.78 is 163. The number of imidazole rings is 4. The van der Waals surface area contributed by atoms with Gasteiger partial charge in [0, 0.05) is 7.11 Å². The Bertz CT molecular complexity index is 5210. The number of aromatic nitrogens is 16. The zero-order valence-corrected chi connectivity index (χ0v) is 60.6. The van der Waals surface area contributed by atoms with E-state index < -0.39 is 231 Å². The molecule has 4 fully saturated rings. The van der Waals surface area contributed by atoms with Gasteiger partial charge in [-0.05, 0) is 6.92 Å². The smallest absolute Gasteiger partial charge is 0.470 e. The molecule has 0 radical (unpaired) electrons. The van der Waals surface area contributed by atoms with Crippen LogP contribution in [0.1, 0.15) is 30.7 Å². The third-order valence-electron chi connectivity index (χ3n) is 16.7. The Labute approximate surface area is 603 Å². The van der Waals surface area contributed by atoms with Gasteiger partial charge in [-0.25, -0.2) is 43.6 Å². The van der Waals surface area contributed by atoms with Crippen LogP contribution >= 0.6 is 46.9 Å². The topological polar surface area (TPSA) is 819 Å². The van der Waals surface area contributed by atoms with Crippen molar-refractivity contribution in [3.8, 4) is 0 Å². The maximum absolute atomic E-state index is 14.3. The van der Waals surface area contributed by atoms with Crippen molar-refractivity contribution >= 4 is 109 Å². The van der Waals surface area contributed by atoms with Gasteiger partial charge >= 0.3 is 21.3 Å². The van der Waals surface area contributed by atoms with Crippen LogP contribution in [0.15, 0.2) is 46.0 Å². The highest BCUT2D eigenvalue weighted by molar-refractivity contribution is 7.47. The zero-order valence-electron chi connectivity index (χ0n) is 55.2. The van der Waals surface area contributed by atoms with Crippen molar-refractivity contribution in [3.63, 3.8) is 0 Å². The Morgan fingerprint density at radius 2 is 0.991 bits per heavy atom. The van der Waals surface area contributed by atoms with Crippen LogP contribution in [0, 0.1) is 6.92 Å². The van der Waals surface area contributed by atoms with Crippen LogP contribution in [-0.4, -0.2) is 250 Å². The van der Waals surface area contributed by atoms with Crippen molar-refractivity contribution in [1.82, 2.24) is 73.1 Å². The van der Waals surface area contributed by atoms with E-state index >= 15 is 0 Å². The minimum atomic E-state index is -6.20. The number of aromatic amines is 3. The predicted octanol–water partition coefficient (Wildman–Crippen LogP) is -9.18. The van der Waals surface area contributed by atoms with Gasteiger partial charge in [0.25, 0.3) is 53.9 Å². The Hall–Kier alpha value is -6.74. The van der Waals surface area contributed by atoms with E-state index in [1.807, 2.05) is 0 Å². The molecule has 56 nitrogen and oxygen atoms in total. The van der Waals surface area contributed by atoms with E-state index in [1.54, 1.807) is 0 Å². The van der Waals surface area contributed by atoms with Crippen molar-refractivity contribution in [2.45, 2.75) is 117 Å². The first kappa shape index (κ1) is 81.7. The fourth-order valence-electron chi connectivity index (χ4n) is 11.9. The molecule has 4 aliphatic heterocycles. The number of anilines is 3. The van der Waals surface area contributed by atoms with Gasteiger partial charge in [0.2, 0.25) is 17.7 Å². The summed E-state index contributed by atoms with van der Waals surface area (Å²) in [7, 11) is -33.9. The normalized spacial score (nSPS) is 29.1. The molecule has 8 aromatic heterocycles. The zero-order chi connectivity index (χ0) is 79.1. The number of nitrogens with zero attached hydrogens (tertiary/aromatic N) is 13. The summed E-state index contributed by atoms with van der Waals surface area (Å²) >= 11 is 0. The first-order chi connectivity index (χ1) is 51.0. The van der Waals surface area contributed by atoms with Gasteiger partial charge in [-0.3, -0.25) is 69.9 Å². The molecule has 0 aromatic carbocycles. The lowest BCUT2D eigenvalue weighted by Crippen LogP contribution is -2.46. The Kier molecular flexibility index (Phi) is 23.5. The van der Waals surface area contributed by atoms with Crippen LogP contribution < -0.4 is 58.0 Å². The monoisotopic (exact) mass is 1670 g/mol. The van der Waals surface area contributed by atoms with Crippen LogP contribution in [0.25, 0.3) is 44.7 Å². The second-order valence-electron chi connectivity index (χ2n) is 24.0. The number of H-pyrrole nitrogens is 3. The number of hydrogen-bond acceptors (Lipinski definition) is 44. The standard InChI is InChI=1S/C47H65N19O37P6/c1-15-56-36-23(39(72)57-15)54-12-64(36)42-28(69)26(67)19(96-42)7-94-108(85,86)102-31-20(98-44(30(31)71)63-11-53-22-34(48)51-10-52-35(22)63)8-95-109(87,88)103-32-21(99-45(33(32)89-3)65-13-55-24-37(65)58-46(49)60-40(24)73)9-93-107(83,84)91-5-17(101-105(78,79)80)16(100-104(75,76)77)4-90-106(81,82)92-6-18-27(68)29(70)43(97-18)66-14-62(2)25-38(66)59-47(50)61-41(25)74/h10-14,16-21,26-33,42-45,67-71H,4-9H2,1-3H3,(H16-,48,49,50,51,52,56,57,58,59,60,61,72,73,74,75,76,77,78,79,80,81,82,83,84,85,86,87,88)/p-3/t16?,17?,18-,19-,20-,21-,26-,27-,28-,29-,30-,31-,32-,33-,42-,43-,44-,45-/m1/s1. The minimum Gasteiger partial charge on any atom is -0.756 e. The van der Waals surface area contributed by atoms with Crippen LogP contribution in [-0.2, 0) is 103 Å². The molecule has 62 heteroatoms. The van der Waals surface area contributed by atoms with Crippen molar-refractivity contribution in [2.75, 3.05) is 64.0 Å². The quantitative estimate of drug-likeness (QED) is 0.0138. The number of aryl methyl sites for hydroxylation is 2. The van der Waals surface area contributed by atoms with E-state index in [4.69, 9.17) is 72.6 Å². The first-order valence-electron chi connectivity index (χ1n) is 30.8. The Morgan fingerprint density at radius 1 is 0.532 bits per heavy atom. The third-order valence-corrected chi connectivity index (χ3v) is 21.5. The van der Waals surface area contributed by atoms with Gasteiger partial charge in [-0.1, -0.05) is 4.98 Å². The number of phosphoric acid groups is 6. The largest absolute Gasteiger partial charge is 0.756 e. The van der Waals surface area contributed by atoms with Crippen molar-refractivity contribution in [2.24, 2.45) is 7.05 Å². The summed E-state index contributed by atoms with van der Waals surface area (Å²) in [5.74, 6) is -0.958. The van der Waals surface area contributed by atoms with Crippen LogP contribution in [0.2, 0.25) is 0 Å². The average molecular weight is 1670 g/mol. The summed E-state index contributed by atoms with van der Waals surface area (Å²) in [6.07, 6.45) is -31.3. The molecule has 109 heavy (non-hydrogen) atoms. The molecule has 0 spiro atoms. The second-order valence-corrected chi connectivity index (χ2v) is 31.9. The molecule has 0 bridgehead atoms. The lowest BCUT2D eigenvalue weighted by atomic mass is 10.1. The van der Waals surface area contributed by atoms with Gasteiger partial charge in [0.15, 0.2) is 58.8 Å². The summed E-state index contributed by atoms with van der Waals surface area (Å²) in [6.45, 7) is -7.48. The molecule has 4 saturated heterocycles. The highest BCUT2D eigenvalue weighted by atomic mass is 31.2. The summed E-state index contributed by atoms with van der Waals surface area (Å²) in [5, 5.41) is 55.6. The van der Waals surface area contributed by atoms with Gasteiger partial charge < -0.3 is 147 Å². The van der Waals surface area contributed by atoms with Crippen LogP contribution in [0.5, 0.6) is 0 Å². The number of hydrogen-bond donors (Lipinski definition) is 15. The molecule has 18 N–H and O–H groups in total. The number of nitrogens with one attached hydrogen (secondary N) is 3. The third kappa shape index (κ3) is 17.9. The Morgan fingerprint density at radius 3 is 1.58 bits per heavy atom. The van der Waals surface area contributed by atoms with Gasteiger partial charge in [-0.15, -0.1) is 0 Å². The highest BCUT2D eigenvalue weighted by Crippen LogP contribution is 2.52. The van der Waals surface area contributed by atoms with E-state index in [1.165, 1.54) is 24.9 Å². The molecule has 0 amide bonds. The predicted molar refractivity (Wildman–Crippen MR) is 337 cm³/mol. The van der Waals surface area contributed by atoms with E-state index in [0.29, 0.717) is 0 Å². The number of phosphoric ester groups is 6. The molecule has 0 saturated carbocycles. The number of rotatable bonds is 32. The average Bonchev–Trinajstić information content (AvgIpc) is 1.63. The molecule has 4 aliphatic rings. The summed E-state index contributed by atoms with van der Waals surface area (Å²) in [4.78, 5) is 171. The summed E-state index contributed by atoms with van der Waals surface area (Å²) in [6, 6.07) is 0. The molecular formula is C47H62N19O37P6-3. The molecule has 12 heterocycles. The molecule has 600 valence electrons. The van der Waals surface area contributed by atoms with E-state index in [0.717, 1.165) is 50.7 Å². The molecular weight excluding hydrogens is 1610 g/mol. The van der Waals surface area contributed by atoms with Gasteiger partial charge in [0.1, 0.15) is 103 Å². The number of methoxy groups -OCH3 is 1. The van der Waals surface area contributed by atoms with Crippen molar-refractivity contribution < 1.29 is 166 Å². The second kappa shape index (κ2) is 31.3. The highest BCUT2D eigenvalue weighted by Gasteiger charge is 2.54. The van der Waals surface area contributed by atoms with Crippen LogP contribution in [0.3, 0.4) is 0 Å². The van der Waals surface area contributed by atoms with Crippen LogP contribution in [0.4, 0.5) is 17.7 Å². The fraction of sp³-hybridized carbons (Fsp3) is 0.574. The molecule has 0 aliphatic carbocycles. The van der Waals surface area contributed by atoms with Gasteiger partial charge in [0.05, 0.1) is 65.7 Å². The lowest BCUT2D eigenvalue weighted by Gasteiger charge is -2.33. The van der Waals surface area contributed by atoms with Crippen molar-refractivity contribution in [3.05, 3.63) is 68.5 Å². The minimum absolute atomic E-state index is 0.0793. The first-order valence-corrected chi connectivity index (χ1v) is 39.8. The number of aliphatic hydroxyl groups excluding tert-OH is 5. The molecule has 12 rings (SSSR count). The number of nitrogen functional groups attached to an aromatic ring is 3. The SMILES string of the molecule is CO[C@@H]1[C@H](OP(=O)([O-])OC[C@H]2O[C@@H](n3cnc4c(N)ncnc43)[C@H](O)[C@@H]2OP(=O)([O-])OC[C@H]2O[C@@H](n3cnc4c(=O)[nH]c(C)nc43)[C@H](O)[C@@H]2O)[C@@H](COP(=O)([O-])OCC(OP(=O)(O)O)C(COP(=O)([O-])OC[C@H]2O[C@@H]([n+]3cn(C)c4c(=O)[nH]c(N)nc43)[C@H](O)[C@@H]2O)OP(=O)(O)O)O[C@H]1n1cnc2c(=O)[nH]c(N)nc21. The van der Waals surface area contributed by atoms with E-state index in [9.17, 15) is 106 Å². The molecule has 6 unspecified atom stereocenters. The number of aliphatic hydroxyl groups is 5. The lowest BCUT2D eigenvalue weighted by molar-refractivity contribution is -0.745. The van der Waals surface area contributed by atoms with Crippen molar-refractivity contribution in [1.29, 1.82) is 0 Å². The number of nitrogens with two attached hydrogens (primary N) is 3. The molecule has 22 atom stereocenters. The summed E-state index contributed by atoms with van der Waals surface area (Å²) in [5.41, 5.74) is 13.5. The van der Waals surface area contributed by atoms with E-state index in [-0.39, 0.29) is 51.1 Å². The maximum Gasteiger partial charge on any atom is 0.470 e. The van der Waals surface area contributed by atoms with E-state index in [2.05, 4.69) is 68.4 Å². The number of ether oxygens (including phenoxy) is 5. The molecule has 8 aromatic rings. The number of fused-ring (bicyclic) bond motifs is 4.